The van der Waals surface area contributed by atoms with Crippen LogP contribution in [-0.2, 0) is 6.54 Å². The van der Waals surface area contributed by atoms with Crippen LogP contribution >= 0.6 is 0 Å². The molecule has 0 unspecified atom stereocenters. The summed E-state index contributed by atoms with van der Waals surface area (Å²) in [5.74, 6) is 0.742. The number of hydrogen-bond donors (Lipinski definition) is 2. The van der Waals surface area contributed by atoms with Gasteiger partial charge >= 0.3 is 0 Å². The summed E-state index contributed by atoms with van der Waals surface area (Å²) >= 11 is 0. The molecule has 2 aromatic rings. The summed E-state index contributed by atoms with van der Waals surface area (Å²) in [5, 5.41) is 12.1. The standard InChI is InChI=1S/C15H15NO3/c1-19-14-7-5-12(6-8-14)15(18)16-10-11-3-2-4-13(17)9-11/h2-9,17H,10H2,1H3,(H,16,18). The molecule has 0 atom stereocenters. The number of methoxy groups -OCH3 is 1. The summed E-state index contributed by atoms with van der Waals surface area (Å²) in [5.41, 5.74) is 1.42. The number of phenols is 1. The monoisotopic (exact) mass is 257 g/mol. The molecule has 98 valence electrons. The molecule has 2 aromatic carbocycles. The van der Waals surface area contributed by atoms with E-state index in [4.69, 9.17) is 4.74 Å². The molecule has 2 rings (SSSR count). The number of rotatable bonds is 4. The zero-order valence-electron chi connectivity index (χ0n) is 10.6. The average Bonchev–Trinajstić information content (AvgIpc) is 2.45. The van der Waals surface area contributed by atoms with Crippen LogP contribution in [0.1, 0.15) is 15.9 Å². The summed E-state index contributed by atoms with van der Waals surface area (Å²) in [6.07, 6.45) is 0. The van der Waals surface area contributed by atoms with Gasteiger partial charge in [-0.05, 0) is 42.0 Å². The number of phenolic OH excluding ortho intramolecular Hbond substituents is 1. The van der Waals surface area contributed by atoms with Crippen molar-refractivity contribution in [2.45, 2.75) is 6.54 Å². The van der Waals surface area contributed by atoms with Crippen LogP contribution < -0.4 is 10.1 Å². The Morgan fingerprint density at radius 2 is 1.95 bits per heavy atom. The molecule has 2 N–H and O–H groups in total. The van der Waals surface area contributed by atoms with Gasteiger partial charge in [-0.25, -0.2) is 0 Å². The molecule has 4 nitrogen and oxygen atoms in total. The summed E-state index contributed by atoms with van der Waals surface area (Å²) in [6.45, 7) is 0.374. The number of aromatic hydroxyl groups is 1. The Morgan fingerprint density at radius 1 is 1.21 bits per heavy atom. The van der Waals surface area contributed by atoms with Crippen molar-refractivity contribution in [1.29, 1.82) is 0 Å². The first-order chi connectivity index (χ1) is 9.19. The third-order valence-electron chi connectivity index (χ3n) is 2.72. The lowest BCUT2D eigenvalue weighted by Gasteiger charge is -2.06. The topological polar surface area (TPSA) is 58.6 Å². The SMILES string of the molecule is COc1ccc(C(=O)NCc2cccc(O)c2)cc1. The first-order valence-corrected chi connectivity index (χ1v) is 5.89. The number of hydrogen-bond acceptors (Lipinski definition) is 3. The van der Waals surface area contributed by atoms with Gasteiger partial charge in [0.1, 0.15) is 11.5 Å². The fraction of sp³-hybridized carbons (Fsp3) is 0.133. The summed E-state index contributed by atoms with van der Waals surface area (Å²) in [7, 11) is 1.58. The van der Waals surface area contributed by atoms with E-state index in [1.807, 2.05) is 6.07 Å². The minimum atomic E-state index is -0.161. The van der Waals surface area contributed by atoms with E-state index in [-0.39, 0.29) is 11.7 Å². The molecule has 19 heavy (non-hydrogen) atoms. The van der Waals surface area contributed by atoms with Crippen molar-refractivity contribution in [3.63, 3.8) is 0 Å². The van der Waals surface area contributed by atoms with Crippen LogP contribution in [0.25, 0.3) is 0 Å². The lowest BCUT2D eigenvalue weighted by Crippen LogP contribution is -2.22. The minimum absolute atomic E-state index is 0.161. The first kappa shape index (κ1) is 13.0. The summed E-state index contributed by atoms with van der Waals surface area (Å²) in [4.78, 5) is 11.9. The number of benzene rings is 2. The van der Waals surface area contributed by atoms with Gasteiger partial charge in [-0.1, -0.05) is 12.1 Å². The molecule has 0 spiro atoms. The van der Waals surface area contributed by atoms with Gasteiger partial charge in [0.2, 0.25) is 0 Å². The molecule has 0 heterocycles. The van der Waals surface area contributed by atoms with E-state index < -0.39 is 0 Å². The maximum Gasteiger partial charge on any atom is 0.251 e. The van der Waals surface area contributed by atoms with Crippen LogP contribution in [0, 0.1) is 0 Å². The minimum Gasteiger partial charge on any atom is -0.508 e. The zero-order valence-corrected chi connectivity index (χ0v) is 10.6. The third kappa shape index (κ3) is 3.48. The molecule has 0 radical (unpaired) electrons. The van der Waals surface area contributed by atoms with Crippen molar-refractivity contribution in [2.24, 2.45) is 0 Å². The van der Waals surface area contributed by atoms with Gasteiger partial charge in [0, 0.05) is 12.1 Å². The quantitative estimate of drug-likeness (QED) is 0.883. The summed E-state index contributed by atoms with van der Waals surface area (Å²) < 4.78 is 5.03. The smallest absolute Gasteiger partial charge is 0.251 e. The van der Waals surface area contributed by atoms with Gasteiger partial charge in [0.05, 0.1) is 7.11 Å². The van der Waals surface area contributed by atoms with Crippen LogP contribution in [0.3, 0.4) is 0 Å². The van der Waals surface area contributed by atoms with Crippen molar-refractivity contribution in [1.82, 2.24) is 5.32 Å². The lowest BCUT2D eigenvalue weighted by molar-refractivity contribution is 0.0951. The van der Waals surface area contributed by atoms with Crippen molar-refractivity contribution in [3.05, 3.63) is 59.7 Å². The summed E-state index contributed by atoms with van der Waals surface area (Å²) in [6, 6.07) is 13.7. The van der Waals surface area contributed by atoms with Crippen LogP contribution in [0.15, 0.2) is 48.5 Å². The lowest BCUT2D eigenvalue weighted by atomic mass is 10.2. The molecule has 0 fully saturated rings. The Kier molecular flexibility index (Phi) is 4.03. The van der Waals surface area contributed by atoms with Crippen molar-refractivity contribution >= 4 is 5.91 Å². The second kappa shape index (κ2) is 5.91. The Labute approximate surface area is 111 Å². The van der Waals surface area contributed by atoms with Crippen LogP contribution in [-0.4, -0.2) is 18.1 Å². The first-order valence-electron chi connectivity index (χ1n) is 5.89. The van der Waals surface area contributed by atoms with Gasteiger partial charge in [-0.3, -0.25) is 4.79 Å². The van der Waals surface area contributed by atoms with E-state index in [1.54, 1.807) is 49.6 Å². The molecule has 0 aliphatic carbocycles. The fourth-order valence-corrected chi connectivity index (χ4v) is 1.69. The number of carbonyl (C=O) groups is 1. The van der Waals surface area contributed by atoms with Gasteiger partial charge in [0.25, 0.3) is 5.91 Å². The molecule has 0 aliphatic rings. The Hall–Kier alpha value is -2.49. The highest BCUT2D eigenvalue weighted by Gasteiger charge is 2.05. The Morgan fingerprint density at radius 3 is 2.58 bits per heavy atom. The predicted octanol–water partition coefficient (Wildman–Crippen LogP) is 2.33. The normalized spacial score (nSPS) is 9.95. The predicted molar refractivity (Wildman–Crippen MR) is 72.3 cm³/mol. The number of ether oxygens (including phenoxy) is 1. The second-order valence-electron chi connectivity index (χ2n) is 4.08. The molecule has 4 heteroatoms. The zero-order chi connectivity index (χ0) is 13.7. The molecule has 0 bridgehead atoms. The van der Waals surface area contributed by atoms with Gasteiger partial charge in [-0.15, -0.1) is 0 Å². The Balaban J connectivity index is 1.97. The molecule has 1 amide bonds. The highest BCUT2D eigenvalue weighted by molar-refractivity contribution is 5.94. The highest BCUT2D eigenvalue weighted by atomic mass is 16.5. The maximum absolute atomic E-state index is 11.9. The van der Waals surface area contributed by atoms with Crippen molar-refractivity contribution in [2.75, 3.05) is 7.11 Å². The van der Waals surface area contributed by atoms with E-state index >= 15 is 0 Å². The third-order valence-corrected chi connectivity index (χ3v) is 2.72. The number of nitrogens with one attached hydrogen (secondary N) is 1. The molecule has 0 saturated carbocycles. The van der Waals surface area contributed by atoms with E-state index in [0.29, 0.717) is 17.9 Å². The van der Waals surface area contributed by atoms with E-state index in [0.717, 1.165) is 5.56 Å². The molecular formula is C15H15NO3. The van der Waals surface area contributed by atoms with Crippen LogP contribution in [0.4, 0.5) is 0 Å². The highest BCUT2D eigenvalue weighted by Crippen LogP contribution is 2.12. The average molecular weight is 257 g/mol. The van der Waals surface area contributed by atoms with Crippen LogP contribution in [0.5, 0.6) is 11.5 Å². The van der Waals surface area contributed by atoms with Gasteiger partial charge < -0.3 is 15.2 Å². The molecule has 0 aliphatic heterocycles. The maximum atomic E-state index is 11.9. The van der Waals surface area contributed by atoms with E-state index in [9.17, 15) is 9.90 Å². The second-order valence-corrected chi connectivity index (χ2v) is 4.08. The van der Waals surface area contributed by atoms with E-state index in [2.05, 4.69) is 5.32 Å². The van der Waals surface area contributed by atoms with Crippen molar-refractivity contribution < 1.29 is 14.6 Å². The Bertz CT molecular complexity index is 564. The van der Waals surface area contributed by atoms with E-state index in [1.165, 1.54) is 0 Å². The number of amides is 1. The van der Waals surface area contributed by atoms with Crippen LogP contribution in [0.2, 0.25) is 0 Å². The van der Waals surface area contributed by atoms with Crippen molar-refractivity contribution in [3.8, 4) is 11.5 Å². The molecular weight excluding hydrogens is 242 g/mol. The van der Waals surface area contributed by atoms with Gasteiger partial charge in [-0.2, -0.15) is 0 Å². The van der Waals surface area contributed by atoms with Gasteiger partial charge in [0.15, 0.2) is 0 Å². The largest absolute Gasteiger partial charge is 0.508 e. The molecule has 0 saturated heterocycles. The molecule has 0 aromatic heterocycles. The fourth-order valence-electron chi connectivity index (χ4n) is 1.69. The number of carbonyl (C=O) groups excluding carboxylic acids is 1.